The van der Waals surface area contributed by atoms with E-state index in [0.29, 0.717) is 24.1 Å². The molecule has 92 valence electrons. The zero-order chi connectivity index (χ0) is 13.1. The monoisotopic (exact) mass is 244 g/mol. The first-order valence-corrected chi connectivity index (χ1v) is 5.64. The summed E-state index contributed by atoms with van der Waals surface area (Å²) in [6.07, 6.45) is 0.485. The van der Waals surface area contributed by atoms with E-state index in [1.807, 2.05) is 6.07 Å². The van der Waals surface area contributed by atoms with Gasteiger partial charge in [-0.05, 0) is 24.6 Å². The van der Waals surface area contributed by atoms with Crippen LogP contribution in [0.25, 0.3) is 0 Å². The summed E-state index contributed by atoms with van der Waals surface area (Å²) >= 11 is 0. The lowest BCUT2D eigenvalue weighted by Gasteiger charge is -2.15. The van der Waals surface area contributed by atoms with Crippen molar-refractivity contribution in [3.05, 3.63) is 35.4 Å². The van der Waals surface area contributed by atoms with Crippen LogP contribution in [0.1, 0.15) is 22.3 Å². The number of carboxylic acid groups (broad SMARTS) is 1. The molecule has 1 amide bonds. The number of carbonyl (C=O) groups is 2. The highest BCUT2D eigenvalue weighted by Gasteiger charge is 2.31. The SMILES string of the molecule is N#Cc1cccc(C(=O)N2CCC(C(=O)O)C2)c1. The Bertz CT molecular complexity index is 533. The Hall–Kier alpha value is -2.35. The van der Waals surface area contributed by atoms with Crippen molar-refractivity contribution >= 4 is 11.9 Å². The van der Waals surface area contributed by atoms with Gasteiger partial charge in [0.25, 0.3) is 5.91 Å². The zero-order valence-corrected chi connectivity index (χ0v) is 9.67. The van der Waals surface area contributed by atoms with Gasteiger partial charge in [-0.1, -0.05) is 6.07 Å². The molecule has 5 heteroatoms. The molecule has 1 fully saturated rings. The smallest absolute Gasteiger partial charge is 0.308 e. The Morgan fingerprint density at radius 1 is 1.44 bits per heavy atom. The van der Waals surface area contributed by atoms with Gasteiger partial charge in [-0.15, -0.1) is 0 Å². The molecule has 0 saturated carbocycles. The van der Waals surface area contributed by atoms with Crippen molar-refractivity contribution in [3.63, 3.8) is 0 Å². The largest absolute Gasteiger partial charge is 0.481 e. The van der Waals surface area contributed by atoms with E-state index in [1.165, 1.54) is 11.0 Å². The van der Waals surface area contributed by atoms with E-state index in [9.17, 15) is 9.59 Å². The standard InChI is InChI=1S/C13H12N2O3/c14-7-9-2-1-3-10(6-9)12(16)15-5-4-11(8-15)13(17)18/h1-3,6,11H,4-5,8H2,(H,17,18). The van der Waals surface area contributed by atoms with E-state index in [-0.39, 0.29) is 12.5 Å². The summed E-state index contributed by atoms with van der Waals surface area (Å²) in [7, 11) is 0. The average Bonchev–Trinajstić information content (AvgIpc) is 2.87. The lowest BCUT2D eigenvalue weighted by molar-refractivity contribution is -0.141. The number of nitrogens with zero attached hydrogens (tertiary/aromatic N) is 2. The maximum absolute atomic E-state index is 12.1. The fourth-order valence-electron chi connectivity index (χ4n) is 2.05. The van der Waals surface area contributed by atoms with Crippen LogP contribution in [0.4, 0.5) is 0 Å². The van der Waals surface area contributed by atoms with E-state index < -0.39 is 11.9 Å². The first kappa shape index (κ1) is 12.1. The molecule has 0 spiro atoms. The summed E-state index contributed by atoms with van der Waals surface area (Å²) in [5, 5.41) is 17.7. The number of hydrogen-bond acceptors (Lipinski definition) is 3. The normalized spacial score (nSPS) is 18.4. The third-order valence-corrected chi connectivity index (χ3v) is 3.06. The van der Waals surface area contributed by atoms with Crippen LogP contribution < -0.4 is 0 Å². The van der Waals surface area contributed by atoms with Gasteiger partial charge in [-0.3, -0.25) is 9.59 Å². The van der Waals surface area contributed by atoms with Gasteiger partial charge in [-0.25, -0.2) is 0 Å². The van der Waals surface area contributed by atoms with Crippen LogP contribution in [0, 0.1) is 17.2 Å². The van der Waals surface area contributed by atoms with Crippen molar-refractivity contribution < 1.29 is 14.7 Å². The molecule has 0 bridgehead atoms. The summed E-state index contributed by atoms with van der Waals surface area (Å²) in [5.74, 6) is -1.56. The second-order valence-corrected chi connectivity index (χ2v) is 4.27. The van der Waals surface area contributed by atoms with Gasteiger partial charge in [0.15, 0.2) is 0 Å². The molecule has 1 heterocycles. The van der Waals surface area contributed by atoms with Crippen molar-refractivity contribution in [1.29, 1.82) is 5.26 Å². The fourth-order valence-corrected chi connectivity index (χ4v) is 2.05. The number of carboxylic acids is 1. The maximum Gasteiger partial charge on any atom is 0.308 e. The minimum atomic E-state index is -0.865. The lowest BCUT2D eigenvalue weighted by Crippen LogP contribution is -2.29. The van der Waals surface area contributed by atoms with E-state index in [1.54, 1.807) is 18.2 Å². The molecular formula is C13H12N2O3. The number of aliphatic carboxylic acids is 1. The second-order valence-electron chi connectivity index (χ2n) is 4.27. The molecule has 1 N–H and O–H groups in total. The number of rotatable bonds is 2. The van der Waals surface area contributed by atoms with Gasteiger partial charge < -0.3 is 10.0 Å². The number of nitriles is 1. The third-order valence-electron chi connectivity index (χ3n) is 3.06. The van der Waals surface area contributed by atoms with Crippen molar-refractivity contribution in [2.75, 3.05) is 13.1 Å². The highest BCUT2D eigenvalue weighted by atomic mass is 16.4. The Morgan fingerprint density at radius 2 is 2.22 bits per heavy atom. The third kappa shape index (κ3) is 2.33. The van der Waals surface area contributed by atoms with Crippen LogP contribution in [0.3, 0.4) is 0 Å². The van der Waals surface area contributed by atoms with Gasteiger partial charge in [0.2, 0.25) is 0 Å². The molecule has 1 unspecified atom stereocenters. The van der Waals surface area contributed by atoms with Crippen LogP contribution in [-0.2, 0) is 4.79 Å². The summed E-state index contributed by atoms with van der Waals surface area (Å²) < 4.78 is 0. The molecule has 1 aromatic rings. The highest BCUT2D eigenvalue weighted by Crippen LogP contribution is 2.19. The predicted octanol–water partition coefficient (Wildman–Crippen LogP) is 1.10. The molecule has 0 radical (unpaired) electrons. The Kier molecular flexibility index (Phi) is 3.28. The molecule has 18 heavy (non-hydrogen) atoms. The van der Waals surface area contributed by atoms with Gasteiger partial charge >= 0.3 is 5.97 Å². The van der Waals surface area contributed by atoms with Gasteiger partial charge in [0.05, 0.1) is 17.6 Å². The zero-order valence-electron chi connectivity index (χ0n) is 9.67. The maximum atomic E-state index is 12.1. The molecule has 1 aliphatic heterocycles. The minimum Gasteiger partial charge on any atom is -0.481 e. The van der Waals surface area contributed by atoms with E-state index in [4.69, 9.17) is 10.4 Å². The molecule has 1 saturated heterocycles. The number of benzene rings is 1. The molecule has 2 rings (SSSR count). The second kappa shape index (κ2) is 4.88. The first-order chi connectivity index (χ1) is 8.61. The molecular weight excluding hydrogens is 232 g/mol. The Labute approximate surface area is 104 Å². The van der Waals surface area contributed by atoms with E-state index in [2.05, 4.69) is 0 Å². The van der Waals surface area contributed by atoms with Crippen molar-refractivity contribution in [2.24, 2.45) is 5.92 Å². The number of likely N-dealkylation sites (tertiary alicyclic amines) is 1. The summed E-state index contributed by atoms with van der Waals surface area (Å²) in [6, 6.07) is 8.41. The van der Waals surface area contributed by atoms with Gasteiger partial charge in [0, 0.05) is 18.7 Å². The van der Waals surface area contributed by atoms with Crippen molar-refractivity contribution in [3.8, 4) is 6.07 Å². The lowest BCUT2D eigenvalue weighted by atomic mass is 10.1. The summed E-state index contributed by atoms with van der Waals surface area (Å²) in [6.45, 7) is 0.692. The fraction of sp³-hybridized carbons (Fsp3) is 0.308. The highest BCUT2D eigenvalue weighted by molar-refractivity contribution is 5.95. The Morgan fingerprint density at radius 3 is 2.83 bits per heavy atom. The Balaban J connectivity index is 2.13. The van der Waals surface area contributed by atoms with Crippen LogP contribution >= 0.6 is 0 Å². The molecule has 0 aliphatic carbocycles. The molecule has 0 aromatic heterocycles. The average molecular weight is 244 g/mol. The van der Waals surface area contributed by atoms with Crippen molar-refractivity contribution in [1.82, 2.24) is 4.90 Å². The van der Waals surface area contributed by atoms with Crippen LogP contribution in [0.2, 0.25) is 0 Å². The topological polar surface area (TPSA) is 81.4 Å². The number of amides is 1. The van der Waals surface area contributed by atoms with Crippen LogP contribution in [0.5, 0.6) is 0 Å². The summed E-state index contributed by atoms with van der Waals surface area (Å²) in [5.41, 5.74) is 0.856. The van der Waals surface area contributed by atoms with Gasteiger partial charge in [-0.2, -0.15) is 5.26 Å². The molecule has 1 aliphatic rings. The quantitative estimate of drug-likeness (QED) is 0.844. The molecule has 5 nitrogen and oxygen atoms in total. The van der Waals surface area contributed by atoms with Crippen LogP contribution in [-0.4, -0.2) is 35.0 Å². The van der Waals surface area contributed by atoms with Crippen molar-refractivity contribution in [2.45, 2.75) is 6.42 Å². The van der Waals surface area contributed by atoms with E-state index >= 15 is 0 Å². The molecule has 1 atom stereocenters. The molecule has 1 aromatic carbocycles. The summed E-state index contributed by atoms with van der Waals surface area (Å²) in [4.78, 5) is 24.5. The van der Waals surface area contributed by atoms with Gasteiger partial charge in [0.1, 0.15) is 0 Å². The number of hydrogen-bond donors (Lipinski definition) is 1. The minimum absolute atomic E-state index is 0.212. The first-order valence-electron chi connectivity index (χ1n) is 5.64. The van der Waals surface area contributed by atoms with Crippen LogP contribution in [0.15, 0.2) is 24.3 Å². The predicted molar refractivity (Wildman–Crippen MR) is 62.8 cm³/mol. The number of carbonyl (C=O) groups excluding carboxylic acids is 1. The van der Waals surface area contributed by atoms with E-state index in [0.717, 1.165) is 0 Å².